The summed E-state index contributed by atoms with van der Waals surface area (Å²) >= 11 is 0. The van der Waals surface area contributed by atoms with E-state index in [0.717, 1.165) is 17.0 Å². The summed E-state index contributed by atoms with van der Waals surface area (Å²) in [5.41, 5.74) is 6.28. The standard InChI is InChI=1S/C21H19N3O/c25-21(18-12-6-2-7-13-18)22-16-20(17-10-4-1-5-11-17)24-23-19-14-8-3-9-15-19/h1-15,23H,16H2,(H,22,25)/b24-20-. The fraction of sp³-hybridized carbons (Fsp3) is 0.0476. The van der Waals surface area contributed by atoms with Crippen LogP contribution in [0.25, 0.3) is 0 Å². The van der Waals surface area contributed by atoms with Crippen LogP contribution in [0.1, 0.15) is 15.9 Å². The number of hydrogen-bond donors (Lipinski definition) is 2. The number of anilines is 1. The summed E-state index contributed by atoms with van der Waals surface area (Å²) in [5, 5.41) is 7.41. The molecule has 0 aromatic heterocycles. The Balaban J connectivity index is 1.74. The van der Waals surface area contributed by atoms with Gasteiger partial charge in [-0.3, -0.25) is 10.2 Å². The Morgan fingerprint density at radius 3 is 1.84 bits per heavy atom. The molecule has 4 nitrogen and oxygen atoms in total. The molecule has 0 aliphatic rings. The molecular formula is C21H19N3O. The molecule has 0 radical (unpaired) electrons. The molecule has 3 rings (SSSR count). The molecule has 0 atom stereocenters. The molecule has 0 spiro atoms. The van der Waals surface area contributed by atoms with Crippen LogP contribution in [0.5, 0.6) is 0 Å². The summed E-state index contributed by atoms with van der Waals surface area (Å²) in [6.07, 6.45) is 0. The van der Waals surface area contributed by atoms with E-state index < -0.39 is 0 Å². The van der Waals surface area contributed by atoms with Gasteiger partial charge in [0.2, 0.25) is 0 Å². The fourth-order valence-electron chi connectivity index (χ4n) is 2.34. The predicted molar refractivity (Wildman–Crippen MR) is 102 cm³/mol. The van der Waals surface area contributed by atoms with E-state index in [2.05, 4.69) is 15.8 Å². The van der Waals surface area contributed by atoms with Gasteiger partial charge in [0.05, 0.1) is 17.9 Å². The van der Waals surface area contributed by atoms with Crippen molar-refractivity contribution in [3.05, 3.63) is 102 Å². The van der Waals surface area contributed by atoms with Gasteiger partial charge in [0.25, 0.3) is 5.91 Å². The minimum Gasteiger partial charge on any atom is -0.346 e. The maximum absolute atomic E-state index is 12.3. The molecule has 0 bridgehead atoms. The number of rotatable bonds is 6. The highest BCUT2D eigenvalue weighted by Gasteiger charge is 2.08. The zero-order chi connectivity index (χ0) is 17.3. The Morgan fingerprint density at radius 2 is 1.24 bits per heavy atom. The number of carbonyl (C=O) groups is 1. The van der Waals surface area contributed by atoms with Crippen LogP contribution in [-0.2, 0) is 0 Å². The molecule has 0 unspecified atom stereocenters. The first-order valence-electron chi connectivity index (χ1n) is 8.09. The third-order valence-electron chi connectivity index (χ3n) is 3.65. The van der Waals surface area contributed by atoms with Gasteiger partial charge in [-0.2, -0.15) is 5.10 Å². The monoisotopic (exact) mass is 329 g/mol. The Kier molecular flexibility index (Phi) is 5.56. The number of carbonyl (C=O) groups excluding carboxylic acids is 1. The quantitative estimate of drug-likeness (QED) is 0.532. The lowest BCUT2D eigenvalue weighted by Gasteiger charge is -2.10. The van der Waals surface area contributed by atoms with Crippen LogP contribution < -0.4 is 10.7 Å². The van der Waals surface area contributed by atoms with Crippen LogP contribution >= 0.6 is 0 Å². The summed E-state index contributed by atoms with van der Waals surface area (Å²) in [5.74, 6) is -0.121. The van der Waals surface area contributed by atoms with Crippen molar-refractivity contribution < 1.29 is 4.79 Å². The fourth-order valence-corrected chi connectivity index (χ4v) is 2.34. The largest absolute Gasteiger partial charge is 0.346 e. The van der Waals surface area contributed by atoms with Crippen molar-refractivity contribution in [2.45, 2.75) is 0 Å². The van der Waals surface area contributed by atoms with Crippen molar-refractivity contribution in [3.63, 3.8) is 0 Å². The van der Waals surface area contributed by atoms with Crippen LogP contribution in [0.2, 0.25) is 0 Å². The van der Waals surface area contributed by atoms with Crippen LogP contribution in [0.15, 0.2) is 96.1 Å². The van der Waals surface area contributed by atoms with Gasteiger partial charge in [-0.1, -0.05) is 66.7 Å². The van der Waals surface area contributed by atoms with E-state index in [-0.39, 0.29) is 5.91 Å². The maximum atomic E-state index is 12.3. The van der Waals surface area contributed by atoms with Gasteiger partial charge in [0.1, 0.15) is 0 Å². The minimum atomic E-state index is -0.121. The van der Waals surface area contributed by atoms with Crippen molar-refractivity contribution in [1.29, 1.82) is 0 Å². The Hall–Kier alpha value is -3.40. The lowest BCUT2D eigenvalue weighted by molar-refractivity contribution is 0.0959. The van der Waals surface area contributed by atoms with Gasteiger partial charge in [0.15, 0.2) is 0 Å². The van der Waals surface area contributed by atoms with Crippen molar-refractivity contribution in [2.75, 3.05) is 12.0 Å². The SMILES string of the molecule is O=C(NC/C(=N/Nc1ccccc1)c1ccccc1)c1ccccc1. The predicted octanol–water partition coefficient (Wildman–Crippen LogP) is 3.93. The van der Waals surface area contributed by atoms with Crippen LogP contribution in [0.4, 0.5) is 5.69 Å². The second-order valence-corrected chi connectivity index (χ2v) is 5.45. The van der Waals surface area contributed by atoms with E-state index in [1.165, 1.54) is 0 Å². The Labute approximate surface area is 147 Å². The third-order valence-corrected chi connectivity index (χ3v) is 3.65. The van der Waals surface area contributed by atoms with E-state index in [9.17, 15) is 4.79 Å². The molecule has 124 valence electrons. The molecule has 2 N–H and O–H groups in total. The van der Waals surface area contributed by atoms with Crippen molar-refractivity contribution in [3.8, 4) is 0 Å². The van der Waals surface area contributed by atoms with Crippen LogP contribution in [0, 0.1) is 0 Å². The highest BCUT2D eigenvalue weighted by atomic mass is 16.1. The van der Waals surface area contributed by atoms with Crippen molar-refractivity contribution >= 4 is 17.3 Å². The number of benzene rings is 3. The summed E-state index contributed by atoms with van der Waals surface area (Å²) < 4.78 is 0. The van der Waals surface area contributed by atoms with E-state index in [1.807, 2.05) is 78.9 Å². The highest BCUT2D eigenvalue weighted by molar-refractivity contribution is 6.05. The van der Waals surface area contributed by atoms with Crippen molar-refractivity contribution in [1.82, 2.24) is 5.32 Å². The molecule has 0 heterocycles. The average molecular weight is 329 g/mol. The topological polar surface area (TPSA) is 53.5 Å². The van der Waals surface area contributed by atoms with Crippen LogP contribution in [-0.4, -0.2) is 18.2 Å². The second-order valence-electron chi connectivity index (χ2n) is 5.45. The van der Waals surface area contributed by atoms with Gasteiger partial charge in [0, 0.05) is 5.56 Å². The van der Waals surface area contributed by atoms with Gasteiger partial charge >= 0.3 is 0 Å². The van der Waals surface area contributed by atoms with Gasteiger partial charge in [-0.25, -0.2) is 0 Å². The van der Waals surface area contributed by atoms with Gasteiger partial charge in [-0.15, -0.1) is 0 Å². The first kappa shape index (κ1) is 16.5. The second kappa shape index (κ2) is 8.45. The molecule has 3 aromatic carbocycles. The molecular weight excluding hydrogens is 310 g/mol. The van der Waals surface area contributed by atoms with Gasteiger partial charge < -0.3 is 5.32 Å². The number of amides is 1. The average Bonchev–Trinajstić information content (AvgIpc) is 2.70. The lowest BCUT2D eigenvalue weighted by Crippen LogP contribution is -2.30. The van der Waals surface area contributed by atoms with Crippen LogP contribution in [0.3, 0.4) is 0 Å². The maximum Gasteiger partial charge on any atom is 0.251 e. The molecule has 0 fully saturated rings. The molecule has 25 heavy (non-hydrogen) atoms. The number of para-hydroxylation sites is 1. The Bertz CT molecular complexity index is 831. The summed E-state index contributed by atoms with van der Waals surface area (Å²) in [4.78, 5) is 12.3. The van der Waals surface area contributed by atoms with E-state index >= 15 is 0 Å². The molecule has 1 amide bonds. The number of hydrazone groups is 1. The molecule has 3 aromatic rings. The zero-order valence-electron chi connectivity index (χ0n) is 13.7. The molecule has 0 aliphatic carbocycles. The molecule has 0 saturated carbocycles. The highest BCUT2D eigenvalue weighted by Crippen LogP contribution is 2.07. The molecule has 0 saturated heterocycles. The Morgan fingerprint density at radius 1 is 0.720 bits per heavy atom. The normalized spacial score (nSPS) is 11.0. The van der Waals surface area contributed by atoms with E-state index in [0.29, 0.717) is 12.1 Å². The summed E-state index contributed by atoms with van der Waals surface area (Å²) in [6.45, 7) is 0.331. The summed E-state index contributed by atoms with van der Waals surface area (Å²) in [7, 11) is 0. The van der Waals surface area contributed by atoms with Crippen molar-refractivity contribution in [2.24, 2.45) is 5.10 Å². The molecule has 0 aliphatic heterocycles. The first-order valence-corrected chi connectivity index (χ1v) is 8.09. The number of hydrogen-bond acceptors (Lipinski definition) is 3. The first-order chi connectivity index (χ1) is 12.3. The van der Waals surface area contributed by atoms with E-state index in [1.54, 1.807) is 12.1 Å². The smallest absolute Gasteiger partial charge is 0.251 e. The zero-order valence-corrected chi connectivity index (χ0v) is 13.7. The summed E-state index contributed by atoms with van der Waals surface area (Å²) in [6, 6.07) is 28.7. The van der Waals surface area contributed by atoms with E-state index in [4.69, 9.17) is 0 Å². The van der Waals surface area contributed by atoms with Gasteiger partial charge in [-0.05, 0) is 29.8 Å². The lowest BCUT2D eigenvalue weighted by atomic mass is 10.1. The number of nitrogens with zero attached hydrogens (tertiary/aromatic N) is 1. The third kappa shape index (κ3) is 4.78. The molecule has 4 heteroatoms. The number of nitrogens with one attached hydrogen (secondary N) is 2. The minimum absolute atomic E-state index is 0.121.